The summed E-state index contributed by atoms with van der Waals surface area (Å²) in [6, 6.07) is 3.09. The van der Waals surface area contributed by atoms with E-state index in [1.165, 1.54) is 36.6 Å². The first-order valence-corrected chi connectivity index (χ1v) is 16.1. The fourth-order valence-electron chi connectivity index (χ4n) is 6.42. The van der Waals surface area contributed by atoms with Gasteiger partial charge in [0.05, 0.1) is 31.1 Å². The number of rotatable bonds is 9. The van der Waals surface area contributed by atoms with Crippen molar-refractivity contribution in [2.45, 2.75) is 63.0 Å². The highest BCUT2D eigenvalue weighted by Gasteiger charge is 2.71. The second-order valence-corrected chi connectivity index (χ2v) is 14.7. The van der Waals surface area contributed by atoms with Gasteiger partial charge in [-0.15, -0.1) is 11.3 Å². The van der Waals surface area contributed by atoms with Crippen LogP contribution in [0.4, 0.5) is 4.39 Å². The molecule has 3 aliphatic carbocycles. The maximum atomic E-state index is 13.9. The second kappa shape index (κ2) is 10.1. The lowest BCUT2D eigenvalue weighted by Gasteiger charge is -2.71. The highest BCUT2D eigenvalue weighted by molar-refractivity contribution is 7.89. The van der Waals surface area contributed by atoms with Gasteiger partial charge in [-0.2, -0.15) is 0 Å². The third kappa shape index (κ3) is 5.32. The molecule has 0 amide bonds. The molecule has 1 aromatic heterocycles. The monoisotopic (exact) mass is 624 g/mol. The number of nitrogens with zero attached hydrogens (tertiary/aromatic N) is 2. The number of nitrogens with one attached hydrogen (secondary N) is 2. The first-order chi connectivity index (χ1) is 19.3. The maximum absolute atomic E-state index is 13.9. The molecule has 1 unspecified atom stereocenters. The van der Waals surface area contributed by atoms with Gasteiger partial charge >= 0.3 is 5.97 Å². The summed E-state index contributed by atoms with van der Waals surface area (Å²) in [5.41, 5.74) is 0.222. The Morgan fingerprint density at radius 3 is 2.68 bits per heavy atom. The van der Waals surface area contributed by atoms with Gasteiger partial charge in [0.25, 0.3) is 0 Å². The molecule has 2 bridgehead atoms. The van der Waals surface area contributed by atoms with E-state index in [-0.39, 0.29) is 22.5 Å². The molecule has 7 rings (SSSR count). The Morgan fingerprint density at radius 2 is 2.07 bits per heavy atom. The Kier molecular flexibility index (Phi) is 7.06. The molecule has 2 N–H and O–H groups in total. The number of allylic oxidation sites excluding steroid dienone is 1. The summed E-state index contributed by atoms with van der Waals surface area (Å²) >= 11 is 7.82. The summed E-state index contributed by atoms with van der Waals surface area (Å²) < 4.78 is 59.3. The zero-order chi connectivity index (χ0) is 29.2. The number of ether oxygens (including phenoxy) is 3. The van der Waals surface area contributed by atoms with E-state index >= 15 is 0 Å². The third-order valence-electron chi connectivity index (χ3n) is 8.05. The minimum atomic E-state index is -3.59. The molecule has 220 valence electrons. The maximum Gasteiger partial charge on any atom is 0.338 e. The second-order valence-electron chi connectivity index (χ2n) is 11.5. The Balaban J connectivity index is 1.26. The van der Waals surface area contributed by atoms with Gasteiger partial charge in [-0.25, -0.2) is 27.3 Å². The van der Waals surface area contributed by atoms with Gasteiger partial charge in [0.15, 0.2) is 16.6 Å². The molecule has 1 aromatic carbocycles. The molecule has 3 saturated carbocycles. The highest BCUT2D eigenvalue weighted by Crippen LogP contribution is 2.71. The topological polar surface area (TPSA) is 128 Å². The molecule has 5 aliphatic rings. The Bertz CT molecular complexity index is 1540. The van der Waals surface area contributed by atoms with Crippen LogP contribution in [-0.4, -0.2) is 62.1 Å². The lowest BCUT2D eigenvalue weighted by atomic mass is 9.38. The Hall–Kier alpha value is -2.42. The van der Waals surface area contributed by atoms with Crippen LogP contribution in [0.1, 0.15) is 56.1 Å². The van der Waals surface area contributed by atoms with Crippen LogP contribution in [0.2, 0.25) is 5.02 Å². The van der Waals surface area contributed by atoms with Crippen molar-refractivity contribution >= 4 is 44.8 Å². The zero-order valence-electron chi connectivity index (χ0n) is 22.7. The summed E-state index contributed by atoms with van der Waals surface area (Å²) in [5.74, 6) is -1.44. The number of carbonyl (C=O) groups excluding carboxylic acids is 1. The van der Waals surface area contributed by atoms with Gasteiger partial charge in [-0.1, -0.05) is 17.7 Å². The number of esters is 1. The third-order valence-corrected chi connectivity index (χ3v) is 10.7. The minimum absolute atomic E-state index is 0.0772. The van der Waals surface area contributed by atoms with E-state index in [2.05, 4.69) is 15.0 Å². The SMILES string of the molecule is COC(=O)C1=C(C23CC(NS(=O)(=O)CC[C@@H]4COC(C)(C)O4)(C2)C3)NC(c2nccs2)=NC1c1ccc(F)cc1Cl. The number of hydrogen-bond donors (Lipinski definition) is 2. The molecule has 10 nitrogen and oxygen atoms in total. The summed E-state index contributed by atoms with van der Waals surface area (Å²) in [5, 5.41) is 5.88. The van der Waals surface area contributed by atoms with Crippen LogP contribution in [0, 0.1) is 11.2 Å². The van der Waals surface area contributed by atoms with Crippen molar-refractivity contribution in [3.8, 4) is 0 Å². The van der Waals surface area contributed by atoms with Crippen molar-refractivity contribution in [2.75, 3.05) is 19.5 Å². The lowest BCUT2D eigenvalue weighted by molar-refractivity contribution is -0.139. The standard InChI is InChI=1S/C27H30ClFN4O6S2/c1-25(2)38-11-16(39-25)6-9-41(35,36)33-27-12-26(13-27,14-27)21-19(24(34)37-3)20(17-5-4-15(29)10-18(17)28)31-22(32-21)23-30-7-8-40-23/h4-5,7-8,10,16,20,33H,6,9,11-14H2,1-3H3,(H,31,32)/t16-,20?,26?,27?/m1/s1. The largest absolute Gasteiger partial charge is 0.466 e. The van der Waals surface area contributed by atoms with Crippen LogP contribution in [0.25, 0.3) is 0 Å². The van der Waals surface area contributed by atoms with E-state index in [4.69, 9.17) is 30.8 Å². The number of aliphatic imine (C=N–C) groups is 1. The molecule has 2 atom stereocenters. The van der Waals surface area contributed by atoms with E-state index in [1.807, 2.05) is 5.38 Å². The van der Waals surface area contributed by atoms with Crippen LogP contribution >= 0.6 is 22.9 Å². The Morgan fingerprint density at radius 1 is 1.32 bits per heavy atom. The molecule has 0 spiro atoms. The van der Waals surface area contributed by atoms with Crippen molar-refractivity contribution in [1.82, 2.24) is 15.0 Å². The number of halogens is 2. The van der Waals surface area contributed by atoms with E-state index < -0.39 is 44.6 Å². The van der Waals surface area contributed by atoms with Crippen molar-refractivity contribution in [3.05, 3.63) is 62.5 Å². The van der Waals surface area contributed by atoms with E-state index in [0.29, 0.717) is 54.4 Å². The van der Waals surface area contributed by atoms with E-state index in [0.717, 1.165) is 0 Å². The molecule has 41 heavy (non-hydrogen) atoms. The van der Waals surface area contributed by atoms with Crippen molar-refractivity contribution in [2.24, 2.45) is 10.4 Å². The predicted octanol–water partition coefficient (Wildman–Crippen LogP) is 3.84. The number of thiazole rings is 1. The lowest BCUT2D eigenvalue weighted by Crippen LogP contribution is -2.76. The average Bonchev–Trinajstić information content (AvgIpc) is 3.53. The molecular weight excluding hydrogens is 595 g/mol. The first kappa shape index (κ1) is 28.7. The van der Waals surface area contributed by atoms with Gasteiger partial charge < -0.3 is 19.5 Å². The fourth-order valence-corrected chi connectivity index (χ4v) is 8.83. The molecule has 3 heterocycles. The summed E-state index contributed by atoms with van der Waals surface area (Å²) in [6.07, 6.45) is 3.18. The van der Waals surface area contributed by atoms with Gasteiger partial charge in [0, 0.05) is 38.8 Å². The van der Waals surface area contributed by atoms with Crippen LogP contribution in [0.3, 0.4) is 0 Å². The van der Waals surface area contributed by atoms with Gasteiger partial charge in [0.2, 0.25) is 10.0 Å². The smallest absolute Gasteiger partial charge is 0.338 e. The molecule has 1 saturated heterocycles. The van der Waals surface area contributed by atoms with Gasteiger partial charge in [-0.05, 0) is 51.7 Å². The molecular formula is C27H30ClFN4O6S2. The fraction of sp³-hybridized carbons (Fsp3) is 0.519. The molecule has 2 aromatic rings. The van der Waals surface area contributed by atoms with Crippen molar-refractivity contribution in [3.63, 3.8) is 0 Å². The molecule has 14 heteroatoms. The number of carbonyl (C=O) groups is 1. The quantitative estimate of drug-likeness (QED) is 0.403. The number of benzene rings is 1. The number of hydrogen-bond acceptors (Lipinski definition) is 10. The van der Waals surface area contributed by atoms with Gasteiger partial charge in [0.1, 0.15) is 11.9 Å². The average molecular weight is 625 g/mol. The van der Waals surface area contributed by atoms with Gasteiger partial charge in [-0.3, -0.25) is 4.99 Å². The number of aromatic nitrogens is 1. The van der Waals surface area contributed by atoms with Crippen LogP contribution in [-0.2, 0) is 29.0 Å². The summed E-state index contributed by atoms with van der Waals surface area (Å²) in [4.78, 5) is 22.4. The molecule has 2 aliphatic heterocycles. The number of amidine groups is 1. The molecule has 0 radical (unpaired) electrons. The molecule has 4 fully saturated rings. The zero-order valence-corrected chi connectivity index (χ0v) is 25.1. The summed E-state index contributed by atoms with van der Waals surface area (Å²) in [7, 11) is -2.30. The number of sulfonamides is 1. The van der Waals surface area contributed by atoms with Crippen LogP contribution in [0.15, 0.2) is 46.0 Å². The highest BCUT2D eigenvalue weighted by atomic mass is 35.5. The minimum Gasteiger partial charge on any atom is -0.466 e. The van der Waals surface area contributed by atoms with Crippen molar-refractivity contribution in [1.29, 1.82) is 0 Å². The first-order valence-electron chi connectivity index (χ1n) is 13.2. The van der Waals surface area contributed by atoms with Crippen LogP contribution in [0.5, 0.6) is 0 Å². The number of methoxy groups -OCH3 is 1. The Labute approximate surface area is 246 Å². The predicted molar refractivity (Wildman–Crippen MR) is 150 cm³/mol. The normalized spacial score (nSPS) is 30.2. The van der Waals surface area contributed by atoms with E-state index in [9.17, 15) is 17.6 Å². The van der Waals surface area contributed by atoms with Crippen LogP contribution < -0.4 is 10.0 Å². The van der Waals surface area contributed by atoms with E-state index in [1.54, 1.807) is 20.0 Å². The summed E-state index contributed by atoms with van der Waals surface area (Å²) in [6.45, 7) is 3.96. The van der Waals surface area contributed by atoms with Crippen molar-refractivity contribution < 1.29 is 31.8 Å².